The normalized spacial score (nSPS) is 11.5. The molecule has 1 aromatic heterocycles. The maximum atomic E-state index is 11.5. The molecule has 0 radical (unpaired) electrons. The van der Waals surface area contributed by atoms with Crippen LogP contribution in [0.15, 0.2) is 22.4 Å². The van der Waals surface area contributed by atoms with Crippen LogP contribution >= 0.6 is 22.0 Å². The van der Waals surface area contributed by atoms with Crippen molar-refractivity contribution >= 4 is 31.1 Å². The molecular formula is C15H18ClNO4S2. The van der Waals surface area contributed by atoms with Gasteiger partial charge >= 0.3 is 0 Å². The monoisotopic (exact) mass is 375 g/mol. The molecule has 23 heavy (non-hydrogen) atoms. The van der Waals surface area contributed by atoms with Gasteiger partial charge in [0.25, 0.3) is 9.05 Å². The largest absolute Gasteiger partial charge is 0.493 e. The molecule has 0 aliphatic carbocycles. The molecule has 0 fully saturated rings. The van der Waals surface area contributed by atoms with E-state index in [1.54, 1.807) is 26.2 Å². The van der Waals surface area contributed by atoms with E-state index in [9.17, 15) is 8.42 Å². The predicted molar refractivity (Wildman–Crippen MR) is 92.3 cm³/mol. The molecule has 0 spiro atoms. The molecule has 0 saturated carbocycles. The maximum absolute atomic E-state index is 11.5. The Kier molecular flexibility index (Phi) is 5.89. The highest BCUT2D eigenvalue weighted by Gasteiger charge is 2.20. The summed E-state index contributed by atoms with van der Waals surface area (Å²) in [7, 11) is 3.21. The Hall–Kier alpha value is -1.31. The summed E-state index contributed by atoms with van der Waals surface area (Å²) < 4.78 is 34.2. The van der Waals surface area contributed by atoms with E-state index >= 15 is 0 Å². The van der Waals surface area contributed by atoms with E-state index in [-0.39, 0.29) is 4.21 Å². The summed E-state index contributed by atoms with van der Waals surface area (Å²) in [4.78, 5) is 4.30. The third-order valence-corrected chi connectivity index (χ3v) is 6.53. The SMILES string of the molecule is CCCCOc1cc(-c2nc(C)c(S(=O)(=O)Cl)s2)ccc1OC. The lowest BCUT2D eigenvalue weighted by atomic mass is 10.2. The fourth-order valence-electron chi connectivity index (χ4n) is 1.98. The Labute approximate surface area is 144 Å². The van der Waals surface area contributed by atoms with E-state index in [0.717, 1.165) is 29.7 Å². The Morgan fingerprint density at radius 1 is 1.30 bits per heavy atom. The number of aromatic nitrogens is 1. The molecule has 126 valence electrons. The van der Waals surface area contributed by atoms with Gasteiger partial charge in [0.05, 0.1) is 19.4 Å². The van der Waals surface area contributed by atoms with Gasteiger partial charge in [0.1, 0.15) is 5.01 Å². The van der Waals surface area contributed by atoms with Crippen molar-refractivity contribution in [2.75, 3.05) is 13.7 Å². The number of thiazole rings is 1. The number of hydrogen-bond acceptors (Lipinski definition) is 6. The maximum Gasteiger partial charge on any atom is 0.272 e. The molecule has 1 aromatic carbocycles. The minimum Gasteiger partial charge on any atom is -0.493 e. The summed E-state index contributed by atoms with van der Waals surface area (Å²) in [5.41, 5.74) is 1.15. The zero-order valence-electron chi connectivity index (χ0n) is 13.1. The Morgan fingerprint density at radius 3 is 2.61 bits per heavy atom. The molecule has 0 aliphatic rings. The minimum absolute atomic E-state index is 0.0680. The first-order valence-corrected chi connectivity index (χ1v) is 10.2. The van der Waals surface area contributed by atoms with Crippen LogP contribution in [0, 0.1) is 6.92 Å². The summed E-state index contributed by atoms with van der Waals surface area (Å²) in [6.07, 6.45) is 1.98. The van der Waals surface area contributed by atoms with E-state index in [1.165, 1.54) is 0 Å². The summed E-state index contributed by atoms with van der Waals surface area (Å²) in [5, 5.41) is 0.574. The van der Waals surface area contributed by atoms with Crippen LogP contribution in [0.5, 0.6) is 11.5 Å². The van der Waals surface area contributed by atoms with Crippen molar-refractivity contribution in [3.63, 3.8) is 0 Å². The van der Waals surface area contributed by atoms with Gasteiger partial charge in [-0.2, -0.15) is 0 Å². The van der Waals surface area contributed by atoms with Crippen LogP contribution < -0.4 is 9.47 Å². The Morgan fingerprint density at radius 2 is 2.04 bits per heavy atom. The number of methoxy groups -OCH3 is 1. The molecule has 0 atom stereocenters. The lowest BCUT2D eigenvalue weighted by Crippen LogP contribution is -1.99. The van der Waals surface area contributed by atoms with Crippen LogP contribution in [0.1, 0.15) is 25.5 Å². The number of nitrogens with zero attached hydrogens (tertiary/aromatic N) is 1. The average Bonchev–Trinajstić information content (AvgIpc) is 2.89. The molecular weight excluding hydrogens is 358 g/mol. The molecule has 0 bridgehead atoms. The van der Waals surface area contributed by atoms with E-state index in [0.29, 0.717) is 28.8 Å². The molecule has 0 amide bonds. The quantitative estimate of drug-likeness (QED) is 0.535. The summed E-state index contributed by atoms with van der Waals surface area (Å²) in [5.74, 6) is 1.24. The first-order valence-electron chi connectivity index (χ1n) is 7.10. The van der Waals surface area contributed by atoms with Crippen molar-refractivity contribution in [2.24, 2.45) is 0 Å². The van der Waals surface area contributed by atoms with Crippen LogP contribution in [-0.4, -0.2) is 27.1 Å². The number of ether oxygens (including phenoxy) is 2. The highest BCUT2D eigenvalue weighted by atomic mass is 35.7. The van der Waals surface area contributed by atoms with Crippen molar-refractivity contribution in [1.82, 2.24) is 4.98 Å². The minimum atomic E-state index is -3.79. The van der Waals surface area contributed by atoms with Crippen LogP contribution in [-0.2, 0) is 9.05 Å². The van der Waals surface area contributed by atoms with Crippen molar-refractivity contribution in [3.8, 4) is 22.1 Å². The van der Waals surface area contributed by atoms with E-state index in [2.05, 4.69) is 11.9 Å². The number of unbranched alkanes of at least 4 members (excludes halogenated alkanes) is 1. The Bertz CT molecular complexity index is 787. The van der Waals surface area contributed by atoms with Crippen molar-refractivity contribution in [2.45, 2.75) is 30.9 Å². The molecule has 2 rings (SSSR count). The second kappa shape index (κ2) is 7.51. The van der Waals surface area contributed by atoms with Gasteiger partial charge in [-0.25, -0.2) is 13.4 Å². The number of halogens is 1. The average molecular weight is 376 g/mol. The van der Waals surface area contributed by atoms with Crippen molar-refractivity contribution in [1.29, 1.82) is 0 Å². The molecule has 2 aromatic rings. The standard InChI is InChI=1S/C15H18ClNO4S2/c1-4-5-8-21-13-9-11(6-7-12(13)20-3)14-17-10(2)15(22-14)23(16,18)19/h6-7,9H,4-5,8H2,1-3H3. The van der Waals surface area contributed by atoms with Gasteiger partial charge in [0, 0.05) is 16.2 Å². The van der Waals surface area contributed by atoms with E-state index in [1.807, 2.05) is 6.07 Å². The van der Waals surface area contributed by atoms with Crippen LogP contribution in [0.4, 0.5) is 0 Å². The number of rotatable bonds is 7. The summed E-state index contributed by atoms with van der Waals surface area (Å²) >= 11 is 1.04. The van der Waals surface area contributed by atoms with Gasteiger partial charge in [-0.3, -0.25) is 0 Å². The number of benzene rings is 1. The van der Waals surface area contributed by atoms with Crippen LogP contribution in [0.25, 0.3) is 10.6 Å². The molecule has 5 nitrogen and oxygen atoms in total. The Balaban J connectivity index is 2.38. The van der Waals surface area contributed by atoms with Gasteiger partial charge in [0.15, 0.2) is 15.7 Å². The predicted octanol–water partition coefficient (Wildman–Crippen LogP) is 4.23. The number of aryl methyl sites for hydroxylation is 1. The van der Waals surface area contributed by atoms with Crippen LogP contribution in [0.2, 0.25) is 0 Å². The summed E-state index contributed by atoms with van der Waals surface area (Å²) in [6.45, 7) is 4.30. The lowest BCUT2D eigenvalue weighted by Gasteiger charge is -2.11. The van der Waals surface area contributed by atoms with E-state index < -0.39 is 9.05 Å². The van der Waals surface area contributed by atoms with E-state index in [4.69, 9.17) is 20.2 Å². The zero-order valence-corrected chi connectivity index (χ0v) is 15.5. The number of hydrogen-bond donors (Lipinski definition) is 0. The molecule has 0 unspecified atom stereocenters. The molecule has 0 saturated heterocycles. The topological polar surface area (TPSA) is 65.5 Å². The molecule has 0 N–H and O–H groups in total. The fourth-order valence-corrected chi connectivity index (χ4v) is 4.43. The smallest absolute Gasteiger partial charge is 0.272 e. The lowest BCUT2D eigenvalue weighted by molar-refractivity contribution is 0.288. The third kappa shape index (κ3) is 4.37. The summed E-state index contributed by atoms with van der Waals surface area (Å²) in [6, 6.07) is 5.40. The van der Waals surface area contributed by atoms with Crippen molar-refractivity contribution < 1.29 is 17.9 Å². The molecule has 8 heteroatoms. The first-order chi connectivity index (χ1) is 10.9. The third-order valence-electron chi connectivity index (χ3n) is 3.14. The fraction of sp³-hybridized carbons (Fsp3) is 0.400. The van der Waals surface area contributed by atoms with Crippen molar-refractivity contribution in [3.05, 3.63) is 23.9 Å². The molecule has 0 aliphatic heterocycles. The second-order valence-electron chi connectivity index (χ2n) is 4.90. The van der Waals surface area contributed by atoms with Gasteiger partial charge in [-0.1, -0.05) is 13.3 Å². The van der Waals surface area contributed by atoms with Gasteiger partial charge < -0.3 is 9.47 Å². The second-order valence-corrected chi connectivity index (χ2v) is 8.66. The first kappa shape index (κ1) is 18.0. The van der Waals surface area contributed by atoms with Gasteiger partial charge in [-0.05, 0) is 31.5 Å². The van der Waals surface area contributed by atoms with Gasteiger partial charge in [0.2, 0.25) is 0 Å². The van der Waals surface area contributed by atoms with Gasteiger partial charge in [-0.15, -0.1) is 11.3 Å². The molecule has 1 heterocycles. The highest BCUT2D eigenvalue weighted by molar-refractivity contribution is 8.15. The van der Waals surface area contributed by atoms with Crippen LogP contribution in [0.3, 0.4) is 0 Å². The highest BCUT2D eigenvalue weighted by Crippen LogP contribution is 2.37. The zero-order chi connectivity index (χ0) is 17.0.